The Hall–Kier alpha value is -2.21. The number of amides is 1. The smallest absolute Gasteiger partial charge is 0.237 e. The van der Waals surface area contributed by atoms with E-state index in [2.05, 4.69) is 52.3 Å². The lowest BCUT2D eigenvalue weighted by atomic mass is 10.2. The van der Waals surface area contributed by atoms with Crippen molar-refractivity contribution in [2.75, 3.05) is 53.0 Å². The standard InChI is InChI=1S/C23H31N3O2/c1-28-17-16-26(19-22-10-6-3-7-11-22)23(27)20-25-14-12-24(13-15-25)18-21-8-4-2-5-9-21/h2-11H,12-20H2,1H3. The van der Waals surface area contributed by atoms with Crippen LogP contribution in [-0.4, -0.2) is 73.6 Å². The molecule has 0 radical (unpaired) electrons. The molecule has 0 spiro atoms. The molecule has 1 saturated heterocycles. The minimum atomic E-state index is 0.178. The van der Waals surface area contributed by atoms with Crippen LogP contribution in [0.2, 0.25) is 0 Å². The molecule has 5 nitrogen and oxygen atoms in total. The summed E-state index contributed by atoms with van der Waals surface area (Å²) in [5.74, 6) is 0.178. The SMILES string of the molecule is COCCN(Cc1ccccc1)C(=O)CN1CCN(Cc2ccccc2)CC1. The first-order valence-corrected chi connectivity index (χ1v) is 10.0. The van der Waals surface area contributed by atoms with Crippen molar-refractivity contribution >= 4 is 5.91 Å². The van der Waals surface area contributed by atoms with E-state index in [1.165, 1.54) is 5.56 Å². The van der Waals surface area contributed by atoms with Crippen molar-refractivity contribution in [2.45, 2.75) is 13.1 Å². The van der Waals surface area contributed by atoms with Crippen molar-refractivity contribution in [3.63, 3.8) is 0 Å². The van der Waals surface area contributed by atoms with Crippen LogP contribution in [0.25, 0.3) is 0 Å². The van der Waals surface area contributed by atoms with Gasteiger partial charge in [0.2, 0.25) is 5.91 Å². The number of piperazine rings is 1. The average Bonchev–Trinajstić information content (AvgIpc) is 2.74. The normalized spacial score (nSPS) is 15.5. The van der Waals surface area contributed by atoms with Gasteiger partial charge >= 0.3 is 0 Å². The fourth-order valence-electron chi connectivity index (χ4n) is 3.54. The highest BCUT2D eigenvalue weighted by atomic mass is 16.5. The Balaban J connectivity index is 1.48. The molecule has 1 amide bonds. The molecular formula is C23H31N3O2. The molecule has 150 valence electrons. The molecule has 0 atom stereocenters. The quantitative estimate of drug-likeness (QED) is 0.669. The van der Waals surface area contributed by atoms with Gasteiger partial charge in [-0.1, -0.05) is 60.7 Å². The van der Waals surface area contributed by atoms with Gasteiger partial charge in [-0.2, -0.15) is 0 Å². The molecule has 5 heteroatoms. The summed E-state index contributed by atoms with van der Waals surface area (Å²) in [5, 5.41) is 0. The maximum Gasteiger partial charge on any atom is 0.237 e. The number of carbonyl (C=O) groups is 1. The number of rotatable bonds is 9. The second kappa shape index (κ2) is 11.0. The van der Waals surface area contributed by atoms with Gasteiger partial charge in [-0.3, -0.25) is 14.6 Å². The van der Waals surface area contributed by atoms with Gasteiger partial charge < -0.3 is 9.64 Å². The molecule has 1 fully saturated rings. The Morgan fingerprint density at radius 3 is 2.07 bits per heavy atom. The summed E-state index contributed by atoms with van der Waals surface area (Å²) in [7, 11) is 1.68. The Bertz CT molecular complexity index is 700. The zero-order valence-corrected chi connectivity index (χ0v) is 16.8. The number of carbonyl (C=O) groups excluding carboxylic acids is 1. The van der Waals surface area contributed by atoms with Gasteiger partial charge in [0.05, 0.1) is 13.2 Å². The molecule has 0 aliphatic carbocycles. The summed E-state index contributed by atoms with van der Waals surface area (Å²) >= 11 is 0. The summed E-state index contributed by atoms with van der Waals surface area (Å²) < 4.78 is 5.21. The predicted molar refractivity (Wildman–Crippen MR) is 112 cm³/mol. The summed E-state index contributed by atoms with van der Waals surface area (Å²) in [6.07, 6.45) is 0. The topological polar surface area (TPSA) is 36.0 Å². The van der Waals surface area contributed by atoms with Gasteiger partial charge in [0.15, 0.2) is 0 Å². The van der Waals surface area contributed by atoms with Crippen LogP contribution in [0.4, 0.5) is 0 Å². The van der Waals surface area contributed by atoms with E-state index in [0.29, 0.717) is 26.2 Å². The number of nitrogens with zero attached hydrogens (tertiary/aromatic N) is 3. The van der Waals surface area contributed by atoms with Crippen LogP contribution >= 0.6 is 0 Å². The van der Waals surface area contributed by atoms with Crippen LogP contribution in [0, 0.1) is 0 Å². The molecule has 3 rings (SSSR count). The highest BCUT2D eigenvalue weighted by Crippen LogP contribution is 2.10. The number of methoxy groups -OCH3 is 1. The summed E-state index contributed by atoms with van der Waals surface area (Å²) in [4.78, 5) is 19.6. The summed E-state index contributed by atoms with van der Waals surface area (Å²) in [5.41, 5.74) is 2.50. The Morgan fingerprint density at radius 2 is 1.46 bits per heavy atom. The zero-order chi connectivity index (χ0) is 19.6. The zero-order valence-electron chi connectivity index (χ0n) is 16.8. The van der Waals surface area contributed by atoms with Crippen molar-refractivity contribution in [3.05, 3.63) is 71.8 Å². The Kier molecular flexibility index (Phi) is 8.03. The van der Waals surface area contributed by atoms with E-state index >= 15 is 0 Å². The molecule has 0 bridgehead atoms. The Labute approximate surface area is 168 Å². The third kappa shape index (κ3) is 6.44. The van der Waals surface area contributed by atoms with Crippen molar-refractivity contribution < 1.29 is 9.53 Å². The summed E-state index contributed by atoms with van der Waals surface area (Å²) in [6, 6.07) is 20.7. The molecule has 1 heterocycles. The van der Waals surface area contributed by atoms with E-state index in [-0.39, 0.29) is 5.91 Å². The highest BCUT2D eigenvalue weighted by Gasteiger charge is 2.22. The molecule has 28 heavy (non-hydrogen) atoms. The first-order chi connectivity index (χ1) is 13.7. The van der Waals surface area contributed by atoms with E-state index in [9.17, 15) is 4.79 Å². The monoisotopic (exact) mass is 381 g/mol. The lowest BCUT2D eigenvalue weighted by Crippen LogP contribution is -2.50. The predicted octanol–water partition coefficient (Wildman–Crippen LogP) is 2.48. The van der Waals surface area contributed by atoms with Crippen molar-refractivity contribution in [2.24, 2.45) is 0 Å². The molecular weight excluding hydrogens is 350 g/mol. The maximum absolute atomic E-state index is 12.9. The maximum atomic E-state index is 12.9. The first-order valence-electron chi connectivity index (χ1n) is 10.0. The van der Waals surface area contributed by atoms with Gasteiger partial charge in [0, 0.05) is 52.9 Å². The average molecular weight is 382 g/mol. The van der Waals surface area contributed by atoms with E-state index < -0.39 is 0 Å². The molecule has 2 aromatic carbocycles. The van der Waals surface area contributed by atoms with Gasteiger partial charge in [-0.15, -0.1) is 0 Å². The van der Waals surface area contributed by atoms with Gasteiger partial charge in [0.1, 0.15) is 0 Å². The van der Waals surface area contributed by atoms with Crippen LogP contribution in [0.5, 0.6) is 0 Å². The van der Waals surface area contributed by atoms with Crippen LogP contribution in [-0.2, 0) is 22.6 Å². The van der Waals surface area contributed by atoms with E-state index in [4.69, 9.17) is 4.74 Å². The van der Waals surface area contributed by atoms with E-state index in [0.717, 1.165) is 38.3 Å². The highest BCUT2D eigenvalue weighted by molar-refractivity contribution is 5.78. The minimum absolute atomic E-state index is 0.178. The lowest BCUT2D eigenvalue weighted by molar-refractivity contribution is -0.134. The second-order valence-corrected chi connectivity index (χ2v) is 7.33. The van der Waals surface area contributed by atoms with Gasteiger partial charge in [-0.25, -0.2) is 0 Å². The third-order valence-electron chi connectivity index (χ3n) is 5.21. The largest absolute Gasteiger partial charge is 0.383 e. The molecule has 0 unspecified atom stereocenters. The van der Waals surface area contributed by atoms with Crippen LogP contribution in [0.1, 0.15) is 11.1 Å². The fraction of sp³-hybridized carbons (Fsp3) is 0.435. The van der Waals surface area contributed by atoms with Gasteiger partial charge in [-0.05, 0) is 11.1 Å². The first kappa shape index (κ1) is 20.5. The molecule has 2 aromatic rings. The third-order valence-corrected chi connectivity index (χ3v) is 5.21. The second-order valence-electron chi connectivity index (χ2n) is 7.33. The molecule has 0 N–H and O–H groups in total. The lowest BCUT2D eigenvalue weighted by Gasteiger charge is -2.35. The van der Waals surface area contributed by atoms with E-state index in [1.807, 2.05) is 23.1 Å². The number of hydrogen-bond donors (Lipinski definition) is 0. The van der Waals surface area contributed by atoms with Crippen LogP contribution in [0.3, 0.4) is 0 Å². The fourth-order valence-corrected chi connectivity index (χ4v) is 3.54. The Morgan fingerprint density at radius 1 is 0.893 bits per heavy atom. The van der Waals surface area contributed by atoms with Gasteiger partial charge in [0.25, 0.3) is 0 Å². The molecule has 0 saturated carbocycles. The number of benzene rings is 2. The number of ether oxygens (including phenoxy) is 1. The van der Waals surface area contributed by atoms with Crippen molar-refractivity contribution in [1.29, 1.82) is 0 Å². The van der Waals surface area contributed by atoms with Crippen LogP contribution in [0.15, 0.2) is 60.7 Å². The van der Waals surface area contributed by atoms with Crippen LogP contribution < -0.4 is 0 Å². The van der Waals surface area contributed by atoms with E-state index in [1.54, 1.807) is 7.11 Å². The molecule has 0 aromatic heterocycles. The van der Waals surface area contributed by atoms with Crippen molar-refractivity contribution in [3.8, 4) is 0 Å². The molecule has 1 aliphatic heterocycles. The minimum Gasteiger partial charge on any atom is -0.383 e. The van der Waals surface area contributed by atoms with Crippen molar-refractivity contribution in [1.82, 2.24) is 14.7 Å². The number of hydrogen-bond acceptors (Lipinski definition) is 4. The summed E-state index contributed by atoms with van der Waals surface area (Å²) in [6.45, 7) is 7.15. The molecule has 1 aliphatic rings.